The van der Waals surface area contributed by atoms with Gasteiger partial charge in [-0.05, 0) is 14.1 Å². The number of rotatable bonds is 6. The lowest BCUT2D eigenvalue weighted by molar-refractivity contribution is -0.141. The average Bonchev–Trinajstić information content (AvgIpc) is 2.34. The van der Waals surface area contributed by atoms with E-state index in [1.54, 1.807) is 4.90 Å². The molecule has 0 aliphatic carbocycles. The van der Waals surface area contributed by atoms with E-state index >= 15 is 0 Å². The SMILES string of the molecule is CN(C)CCN1CCN(C(=O)CCC(=O)O)CC1. The van der Waals surface area contributed by atoms with Gasteiger partial charge in [-0.1, -0.05) is 0 Å². The molecule has 1 aliphatic heterocycles. The summed E-state index contributed by atoms with van der Waals surface area (Å²) in [6.45, 7) is 5.23. The molecule has 0 atom stereocenters. The monoisotopic (exact) mass is 257 g/mol. The van der Waals surface area contributed by atoms with Crippen LogP contribution in [0.15, 0.2) is 0 Å². The smallest absolute Gasteiger partial charge is 0.303 e. The van der Waals surface area contributed by atoms with Gasteiger partial charge in [-0.25, -0.2) is 0 Å². The van der Waals surface area contributed by atoms with E-state index < -0.39 is 5.97 Å². The van der Waals surface area contributed by atoms with Gasteiger partial charge in [-0.2, -0.15) is 0 Å². The zero-order valence-electron chi connectivity index (χ0n) is 11.3. The first-order valence-corrected chi connectivity index (χ1v) is 6.35. The van der Waals surface area contributed by atoms with Crippen LogP contribution in [0.5, 0.6) is 0 Å². The summed E-state index contributed by atoms with van der Waals surface area (Å²) in [6.07, 6.45) is 0.0483. The molecule has 1 saturated heterocycles. The van der Waals surface area contributed by atoms with Crippen molar-refractivity contribution in [3.8, 4) is 0 Å². The van der Waals surface area contributed by atoms with Crippen molar-refractivity contribution in [2.75, 3.05) is 53.4 Å². The Labute approximate surface area is 108 Å². The van der Waals surface area contributed by atoms with Gasteiger partial charge in [0.1, 0.15) is 0 Å². The van der Waals surface area contributed by atoms with Crippen LogP contribution in [-0.2, 0) is 9.59 Å². The summed E-state index contributed by atoms with van der Waals surface area (Å²) in [5.41, 5.74) is 0. The maximum Gasteiger partial charge on any atom is 0.303 e. The highest BCUT2D eigenvalue weighted by molar-refractivity contribution is 5.80. The van der Waals surface area contributed by atoms with Crippen LogP contribution in [0.1, 0.15) is 12.8 Å². The third-order valence-electron chi connectivity index (χ3n) is 3.14. The lowest BCUT2D eigenvalue weighted by Crippen LogP contribution is -2.50. The average molecular weight is 257 g/mol. The molecule has 1 aliphatic rings. The normalized spacial score (nSPS) is 17.2. The summed E-state index contributed by atoms with van der Waals surface area (Å²) >= 11 is 0. The van der Waals surface area contributed by atoms with Gasteiger partial charge in [0.25, 0.3) is 0 Å². The van der Waals surface area contributed by atoms with E-state index in [0.717, 1.165) is 26.2 Å². The number of carbonyl (C=O) groups is 2. The Hall–Kier alpha value is -1.14. The van der Waals surface area contributed by atoms with Crippen LogP contribution in [0.25, 0.3) is 0 Å². The Morgan fingerprint density at radius 2 is 1.72 bits per heavy atom. The van der Waals surface area contributed by atoms with Gasteiger partial charge in [-0.3, -0.25) is 14.5 Å². The van der Waals surface area contributed by atoms with Crippen molar-refractivity contribution in [1.29, 1.82) is 0 Å². The molecule has 1 heterocycles. The lowest BCUT2D eigenvalue weighted by atomic mass is 10.2. The molecule has 0 aromatic carbocycles. The fourth-order valence-corrected chi connectivity index (χ4v) is 1.93. The molecule has 18 heavy (non-hydrogen) atoms. The van der Waals surface area contributed by atoms with Crippen molar-refractivity contribution < 1.29 is 14.7 Å². The number of carboxylic acid groups (broad SMARTS) is 1. The first kappa shape index (κ1) is 14.9. The van der Waals surface area contributed by atoms with Crippen molar-refractivity contribution >= 4 is 11.9 Å². The van der Waals surface area contributed by atoms with Gasteiger partial charge < -0.3 is 14.9 Å². The van der Waals surface area contributed by atoms with Crippen LogP contribution in [0, 0.1) is 0 Å². The van der Waals surface area contributed by atoms with Crippen LogP contribution >= 0.6 is 0 Å². The molecule has 1 fully saturated rings. The Morgan fingerprint density at radius 3 is 2.22 bits per heavy atom. The van der Waals surface area contributed by atoms with Crippen molar-refractivity contribution in [3.63, 3.8) is 0 Å². The maximum absolute atomic E-state index is 11.7. The summed E-state index contributed by atoms with van der Waals surface area (Å²) in [6, 6.07) is 0. The van der Waals surface area contributed by atoms with Gasteiger partial charge in [0, 0.05) is 45.7 Å². The van der Waals surface area contributed by atoms with Crippen molar-refractivity contribution in [1.82, 2.24) is 14.7 Å². The number of hydrogen-bond donors (Lipinski definition) is 1. The van der Waals surface area contributed by atoms with Crippen molar-refractivity contribution in [2.45, 2.75) is 12.8 Å². The van der Waals surface area contributed by atoms with E-state index in [-0.39, 0.29) is 18.7 Å². The lowest BCUT2D eigenvalue weighted by Gasteiger charge is -2.35. The van der Waals surface area contributed by atoms with E-state index in [4.69, 9.17) is 5.11 Å². The second-order valence-corrected chi connectivity index (χ2v) is 4.92. The fraction of sp³-hybridized carbons (Fsp3) is 0.833. The fourth-order valence-electron chi connectivity index (χ4n) is 1.93. The van der Waals surface area contributed by atoms with Crippen LogP contribution in [-0.4, -0.2) is 85.0 Å². The van der Waals surface area contributed by atoms with Crippen LogP contribution in [0.4, 0.5) is 0 Å². The third-order valence-corrected chi connectivity index (χ3v) is 3.14. The van der Waals surface area contributed by atoms with Crippen LogP contribution < -0.4 is 0 Å². The Bertz CT molecular complexity index is 286. The molecule has 0 spiro atoms. The zero-order chi connectivity index (χ0) is 13.5. The summed E-state index contributed by atoms with van der Waals surface area (Å²) < 4.78 is 0. The van der Waals surface area contributed by atoms with E-state index in [2.05, 4.69) is 9.80 Å². The third kappa shape index (κ3) is 5.46. The molecule has 6 nitrogen and oxygen atoms in total. The molecule has 0 radical (unpaired) electrons. The number of hydrogen-bond acceptors (Lipinski definition) is 4. The number of likely N-dealkylation sites (N-methyl/N-ethyl adjacent to an activating group) is 1. The second kappa shape index (κ2) is 7.33. The van der Waals surface area contributed by atoms with Crippen LogP contribution in [0.3, 0.4) is 0 Å². The largest absolute Gasteiger partial charge is 0.481 e. The molecule has 0 bridgehead atoms. The number of piperazine rings is 1. The highest BCUT2D eigenvalue weighted by atomic mass is 16.4. The topological polar surface area (TPSA) is 64.1 Å². The van der Waals surface area contributed by atoms with Gasteiger partial charge in [0.2, 0.25) is 5.91 Å². The quantitative estimate of drug-likeness (QED) is 0.699. The van der Waals surface area contributed by atoms with Gasteiger partial charge in [-0.15, -0.1) is 0 Å². The number of aliphatic carboxylic acids is 1. The van der Waals surface area contributed by atoms with Crippen LogP contribution in [0.2, 0.25) is 0 Å². The summed E-state index contributed by atoms with van der Waals surface area (Å²) in [4.78, 5) is 28.4. The summed E-state index contributed by atoms with van der Waals surface area (Å²) in [7, 11) is 4.09. The van der Waals surface area contributed by atoms with Gasteiger partial charge in [0.05, 0.1) is 6.42 Å². The molecule has 1 amide bonds. The number of carboxylic acids is 1. The Kier molecular flexibility index (Phi) is 6.07. The van der Waals surface area contributed by atoms with E-state index in [0.29, 0.717) is 13.1 Å². The molecule has 0 saturated carbocycles. The highest BCUT2D eigenvalue weighted by Gasteiger charge is 2.20. The minimum Gasteiger partial charge on any atom is -0.481 e. The predicted octanol–water partition coefficient (Wildman–Crippen LogP) is -0.443. The van der Waals surface area contributed by atoms with E-state index in [1.807, 2.05) is 14.1 Å². The maximum atomic E-state index is 11.7. The molecule has 1 rings (SSSR count). The Balaban J connectivity index is 2.22. The summed E-state index contributed by atoms with van der Waals surface area (Å²) in [5, 5.41) is 8.54. The van der Waals surface area contributed by atoms with Crippen molar-refractivity contribution in [3.05, 3.63) is 0 Å². The molecule has 0 unspecified atom stereocenters. The molecule has 1 N–H and O–H groups in total. The van der Waals surface area contributed by atoms with E-state index in [1.165, 1.54) is 0 Å². The minimum atomic E-state index is -0.909. The standard InChI is InChI=1S/C12H23N3O3/c1-13(2)5-6-14-7-9-15(10-8-14)11(16)3-4-12(17)18/h3-10H2,1-2H3,(H,17,18). The van der Waals surface area contributed by atoms with E-state index in [9.17, 15) is 9.59 Å². The molecule has 0 aromatic heterocycles. The first-order chi connectivity index (χ1) is 8.49. The molecule has 104 valence electrons. The predicted molar refractivity (Wildman–Crippen MR) is 68.4 cm³/mol. The molecular formula is C12H23N3O3. The second-order valence-electron chi connectivity index (χ2n) is 4.92. The first-order valence-electron chi connectivity index (χ1n) is 6.35. The molecule has 0 aromatic rings. The highest BCUT2D eigenvalue weighted by Crippen LogP contribution is 2.05. The minimum absolute atomic E-state index is 0.0374. The zero-order valence-corrected chi connectivity index (χ0v) is 11.3. The number of nitrogens with zero attached hydrogens (tertiary/aromatic N) is 3. The Morgan fingerprint density at radius 1 is 1.11 bits per heavy atom. The van der Waals surface area contributed by atoms with Gasteiger partial charge in [0.15, 0.2) is 0 Å². The summed E-state index contributed by atoms with van der Waals surface area (Å²) in [5.74, 6) is -0.947. The van der Waals surface area contributed by atoms with Gasteiger partial charge >= 0.3 is 5.97 Å². The number of amides is 1. The number of carbonyl (C=O) groups excluding carboxylic acids is 1. The molecular weight excluding hydrogens is 234 g/mol. The molecule has 6 heteroatoms. The van der Waals surface area contributed by atoms with Crippen molar-refractivity contribution in [2.24, 2.45) is 0 Å².